The smallest absolute Gasteiger partial charge is 0.204 e. The Bertz CT molecular complexity index is 835. The van der Waals surface area contributed by atoms with Gasteiger partial charge in [-0.1, -0.05) is 0 Å². The fourth-order valence-corrected chi connectivity index (χ4v) is 2.48. The molecule has 0 atom stereocenters. The molecule has 2 aromatic rings. The van der Waals surface area contributed by atoms with Crippen molar-refractivity contribution in [1.29, 1.82) is 0 Å². The summed E-state index contributed by atoms with van der Waals surface area (Å²) in [5.74, 6) is -12.2. The number of rotatable bonds is 10. The van der Waals surface area contributed by atoms with Crippen LogP contribution in [-0.4, -0.2) is 46.8 Å². The summed E-state index contributed by atoms with van der Waals surface area (Å²) in [5.41, 5.74) is -0.709. The minimum Gasteiger partial charge on any atom is -0.487 e. The zero-order valence-electron chi connectivity index (χ0n) is 15.1. The zero-order valence-corrected chi connectivity index (χ0v) is 15.1. The summed E-state index contributed by atoms with van der Waals surface area (Å²) in [6, 6.07) is 0. The van der Waals surface area contributed by atoms with Crippen LogP contribution in [0, 0.1) is 41.8 Å². The number of methoxy groups -OCH3 is 1. The third-order valence-electron chi connectivity index (χ3n) is 3.87. The first-order chi connectivity index (χ1) is 13.3. The molecule has 2 rings (SSSR count). The van der Waals surface area contributed by atoms with Crippen molar-refractivity contribution in [1.82, 2.24) is 0 Å². The molecule has 0 aliphatic carbocycles. The van der Waals surface area contributed by atoms with Crippen LogP contribution < -0.4 is 4.74 Å². The molecule has 0 heterocycles. The van der Waals surface area contributed by atoms with E-state index >= 15 is 0 Å². The van der Waals surface area contributed by atoms with Crippen LogP contribution in [0.2, 0.25) is 0 Å². The van der Waals surface area contributed by atoms with Crippen LogP contribution >= 0.6 is 0 Å². The lowest BCUT2D eigenvalue weighted by Gasteiger charge is -2.15. The number of fused-ring (bicyclic) bond motifs is 1. The highest BCUT2D eigenvalue weighted by molar-refractivity contribution is 5.92. The summed E-state index contributed by atoms with van der Waals surface area (Å²) in [4.78, 5) is 0. The Kier molecular flexibility index (Phi) is 7.90. The van der Waals surface area contributed by atoms with Crippen LogP contribution in [-0.2, 0) is 14.2 Å². The van der Waals surface area contributed by atoms with E-state index in [1.807, 2.05) is 0 Å². The van der Waals surface area contributed by atoms with Gasteiger partial charge in [0.15, 0.2) is 34.8 Å². The van der Waals surface area contributed by atoms with E-state index in [1.54, 1.807) is 0 Å². The number of aryl methyl sites for hydroxylation is 1. The number of halogens is 6. The molecule has 0 aromatic heterocycles. The molecule has 2 aromatic carbocycles. The van der Waals surface area contributed by atoms with Crippen molar-refractivity contribution in [2.24, 2.45) is 0 Å². The van der Waals surface area contributed by atoms with Gasteiger partial charge in [-0.25, -0.2) is 22.0 Å². The summed E-state index contributed by atoms with van der Waals surface area (Å²) in [7, 11) is 1.52. The van der Waals surface area contributed by atoms with Gasteiger partial charge in [0.05, 0.1) is 38.4 Å². The average molecular weight is 412 g/mol. The highest BCUT2D eigenvalue weighted by Gasteiger charge is 2.29. The quantitative estimate of drug-likeness (QED) is 0.335. The molecule has 4 nitrogen and oxygen atoms in total. The summed E-state index contributed by atoms with van der Waals surface area (Å²) >= 11 is 0. The van der Waals surface area contributed by atoms with Gasteiger partial charge in [-0.05, 0) is 12.5 Å². The minimum absolute atomic E-state index is 0.127. The lowest BCUT2D eigenvalue weighted by molar-refractivity contribution is 0.0177. The summed E-state index contributed by atoms with van der Waals surface area (Å²) in [6.45, 7) is 1.57. The molecule has 10 heteroatoms. The monoisotopic (exact) mass is 412 g/mol. The number of ether oxygens (including phenoxy) is 4. The van der Waals surface area contributed by atoms with Crippen molar-refractivity contribution < 1.29 is 45.3 Å². The van der Waals surface area contributed by atoms with Gasteiger partial charge in [0.25, 0.3) is 0 Å². The normalized spacial score (nSPS) is 11.4. The van der Waals surface area contributed by atoms with Gasteiger partial charge in [0.2, 0.25) is 5.82 Å². The van der Waals surface area contributed by atoms with E-state index in [0.717, 1.165) is 6.92 Å². The third-order valence-corrected chi connectivity index (χ3v) is 3.87. The highest BCUT2D eigenvalue weighted by Crippen LogP contribution is 2.39. The van der Waals surface area contributed by atoms with Crippen LogP contribution in [0.4, 0.5) is 26.3 Å². The first-order valence-electron chi connectivity index (χ1n) is 8.23. The number of hydrogen-bond donors (Lipinski definition) is 0. The van der Waals surface area contributed by atoms with E-state index in [0.29, 0.717) is 13.2 Å². The van der Waals surface area contributed by atoms with Crippen LogP contribution in [0.3, 0.4) is 0 Å². The Morgan fingerprint density at radius 1 is 0.571 bits per heavy atom. The van der Waals surface area contributed by atoms with Gasteiger partial charge in [0, 0.05) is 12.5 Å². The van der Waals surface area contributed by atoms with Gasteiger partial charge in [-0.2, -0.15) is 4.39 Å². The van der Waals surface area contributed by atoms with Crippen molar-refractivity contribution in [3.63, 3.8) is 0 Å². The largest absolute Gasteiger partial charge is 0.487 e. The first kappa shape index (κ1) is 22.3. The Balaban J connectivity index is 2.16. The molecule has 0 saturated carbocycles. The van der Waals surface area contributed by atoms with Crippen LogP contribution in [0.15, 0.2) is 0 Å². The summed E-state index contributed by atoms with van der Waals surface area (Å²) < 4.78 is 103. The van der Waals surface area contributed by atoms with E-state index < -0.39 is 57.0 Å². The maximum atomic E-state index is 14.2. The molecule has 0 spiro atoms. The molecule has 156 valence electrons. The van der Waals surface area contributed by atoms with E-state index in [9.17, 15) is 26.3 Å². The Hall–Kier alpha value is -2.04. The second kappa shape index (κ2) is 9.94. The lowest BCUT2D eigenvalue weighted by atomic mass is 10.0. The fraction of sp³-hybridized carbons (Fsp3) is 0.444. The average Bonchev–Trinajstić information content (AvgIpc) is 2.68. The Morgan fingerprint density at radius 2 is 1.07 bits per heavy atom. The van der Waals surface area contributed by atoms with E-state index in [-0.39, 0.29) is 26.4 Å². The second-order valence-electron chi connectivity index (χ2n) is 5.65. The fourth-order valence-electron chi connectivity index (χ4n) is 2.48. The maximum absolute atomic E-state index is 14.2. The topological polar surface area (TPSA) is 36.9 Å². The molecule has 0 N–H and O–H groups in total. The molecule has 0 aliphatic heterocycles. The van der Waals surface area contributed by atoms with Gasteiger partial charge >= 0.3 is 0 Å². The van der Waals surface area contributed by atoms with Crippen molar-refractivity contribution in [2.75, 3.05) is 46.8 Å². The van der Waals surface area contributed by atoms with Crippen LogP contribution in [0.5, 0.6) is 5.75 Å². The van der Waals surface area contributed by atoms with Crippen LogP contribution in [0.25, 0.3) is 10.8 Å². The van der Waals surface area contributed by atoms with Crippen LogP contribution in [0.1, 0.15) is 5.56 Å². The van der Waals surface area contributed by atoms with Crippen molar-refractivity contribution in [3.8, 4) is 5.75 Å². The van der Waals surface area contributed by atoms with Gasteiger partial charge < -0.3 is 18.9 Å². The predicted octanol–water partition coefficient (Wildman–Crippen LogP) is 4.04. The van der Waals surface area contributed by atoms with Gasteiger partial charge in [-0.3, -0.25) is 0 Å². The van der Waals surface area contributed by atoms with Gasteiger partial charge in [0.1, 0.15) is 6.61 Å². The number of hydrogen-bond acceptors (Lipinski definition) is 4. The lowest BCUT2D eigenvalue weighted by Crippen LogP contribution is -2.14. The molecular formula is C18H18F6O4. The van der Waals surface area contributed by atoms with Crippen molar-refractivity contribution in [2.45, 2.75) is 6.92 Å². The molecule has 0 fully saturated rings. The Morgan fingerprint density at radius 3 is 1.68 bits per heavy atom. The SMILES string of the molecule is COCCOCCOCCOc1c(F)c(F)c(F)c2c(C)c(F)c(F)c(F)c12. The highest BCUT2D eigenvalue weighted by atomic mass is 19.2. The van der Waals surface area contributed by atoms with E-state index in [1.165, 1.54) is 7.11 Å². The summed E-state index contributed by atoms with van der Waals surface area (Å²) in [5, 5.41) is -1.95. The molecule has 0 unspecified atom stereocenters. The number of benzene rings is 2. The molecule has 0 radical (unpaired) electrons. The predicted molar refractivity (Wildman–Crippen MR) is 87.4 cm³/mol. The van der Waals surface area contributed by atoms with Gasteiger partial charge in [-0.15, -0.1) is 0 Å². The molecule has 0 amide bonds. The molecular weight excluding hydrogens is 394 g/mol. The van der Waals surface area contributed by atoms with Crippen molar-refractivity contribution >= 4 is 10.8 Å². The third kappa shape index (κ3) is 4.50. The van der Waals surface area contributed by atoms with E-state index in [2.05, 4.69) is 0 Å². The molecule has 28 heavy (non-hydrogen) atoms. The maximum Gasteiger partial charge on any atom is 0.204 e. The second-order valence-corrected chi connectivity index (χ2v) is 5.65. The molecule has 0 bridgehead atoms. The first-order valence-corrected chi connectivity index (χ1v) is 8.23. The van der Waals surface area contributed by atoms with E-state index in [4.69, 9.17) is 18.9 Å². The molecule has 0 saturated heterocycles. The zero-order chi connectivity index (χ0) is 20.8. The minimum atomic E-state index is -1.98. The molecule has 0 aliphatic rings. The van der Waals surface area contributed by atoms with Crippen molar-refractivity contribution in [3.05, 3.63) is 40.5 Å². The Labute approximate surface area is 156 Å². The summed E-state index contributed by atoms with van der Waals surface area (Å²) in [6.07, 6.45) is 0. The standard InChI is InChI=1S/C18H18F6O4/c1-9-10-11(14(21)15(22)12(9)19)18(17(24)16(23)13(10)20)28-8-7-27-6-5-26-4-3-25-2/h3-8H2,1-2H3.